The van der Waals surface area contributed by atoms with Crippen molar-refractivity contribution in [1.82, 2.24) is 9.97 Å². The summed E-state index contributed by atoms with van der Waals surface area (Å²) >= 11 is 5.93. The highest BCUT2D eigenvalue weighted by molar-refractivity contribution is 6.30. The monoisotopic (exact) mass is 277 g/mol. The van der Waals surface area contributed by atoms with Crippen molar-refractivity contribution in [1.29, 1.82) is 0 Å². The molecule has 5 heteroatoms. The Morgan fingerprint density at radius 2 is 2.21 bits per heavy atom. The van der Waals surface area contributed by atoms with E-state index in [4.69, 9.17) is 16.3 Å². The highest BCUT2D eigenvalue weighted by Crippen LogP contribution is 2.25. The summed E-state index contributed by atoms with van der Waals surface area (Å²) < 4.78 is 5.74. The molecule has 0 saturated heterocycles. The van der Waals surface area contributed by atoms with Crippen LogP contribution in [0.25, 0.3) is 0 Å². The minimum Gasteiger partial charge on any atom is -0.439 e. The molecule has 4 nitrogen and oxygen atoms in total. The maximum Gasteiger partial charge on any atom is 0.226 e. The van der Waals surface area contributed by atoms with E-state index in [0.717, 1.165) is 18.5 Å². The van der Waals surface area contributed by atoms with Crippen molar-refractivity contribution in [3.8, 4) is 11.6 Å². The number of hydrogen-bond acceptors (Lipinski definition) is 4. The Morgan fingerprint density at radius 1 is 1.37 bits per heavy atom. The van der Waals surface area contributed by atoms with Crippen LogP contribution >= 0.6 is 11.6 Å². The van der Waals surface area contributed by atoms with Gasteiger partial charge < -0.3 is 10.1 Å². The van der Waals surface area contributed by atoms with E-state index in [1.807, 2.05) is 19.1 Å². The highest BCUT2D eigenvalue weighted by Gasteiger charge is 2.06. The summed E-state index contributed by atoms with van der Waals surface area (Å²) in [5, 5.41) is 3.76. The summed E-state index contributed by atoms with van der Waals surface area (Å²) in [4.78, 5) is 8.55. The van der Waals surface area contributed by atoms with Crippen LogP contribution in [-0.4, -0.2) is 16.5 Å². The molecule has 2 rings (SSSR count). The Bertz CT molecular complexity index is 560. The summed E-state index contributed by atoms with van der Waals surface area (Å²) in [5.74, 6) is 1.77. The van der Waals surface area contributed by atoms with Crippen molar-refractivity contribution in [2.45, 2.75) is 20.3 Å². The Hall–Kier alpha value is -1.81. The molecule has 1 aromatic carbocycles. The van der Waals surface area contributed by atoms with Gasteiger partial charge in [-0.15, -0.1) is 0 Å². The first-order chi connectivity index (χ1) is 9.19. The molecule has 2 aromatic rings. The van der Waals surface area contributed by atoms with Crippen molar-refractivity contribution >= 4 is 17.5 Å². The van der Waals surface area contributed by atoms with Crippen LogP contribution in [-0.2, 0) is 0 Å². The number of rotatable bonds is 5. The van der Waals surface area contributed by atoms with E-state index in [-0.39, 0.29) is 0 Å². The lowest BCUT2D eigenvalue weighted by atomic mass is 10.3. The molecule has 1 N–H and O–H groups in total. The van der Waals surface area contributed by atoms with Crippen LogP contribution in [0.15, 0.2) is 30.5 Å². The molecule has 1 aromatic heterocycles. The summed E-state index contributed by atoms with van der Waals surface area (Å²) in [6.45, 7) is 4.83. The van der Waals surface area contributed by atoms with Crippen LogP contribution in [0.5, 0.6) is 11.6 Å². The zero-order valence-corrected chi connectivity index (χ0v) is 11.7. The number of nitrogens with zero attached hydrogens (tertiary/aromatic N) is 2. The molecule has 0 fully saturated rings. The fourth-order valence-corrected chi connectivity index (χ4v) is 1.67. The third-order valence-corrected chi connectivity index (χ3v) is 2.70. The number of benzene rings is 1. The minimum atomic E-state index is 0.538. The number of anilines is 1. The van der Waals surface area contributed by atoms with Gasteiger partial charge in [-0.2, -0.15) is 4.98 Å². The molecule has 0 amide bonds. The minimum absolute atomic E-state index is 0.538. The Labute approximate surface area is 117 Å². The third-order valence-electron chi connectivity index (χ3n) is 2.47. The number of ether oxygens (including phenoxy) is 1. The van der Waals surface area contributed by atoms with Crippen LogP contribution in [0.4, 0.5) is 5.95 Å². The summed E-state index contributed by atoms with van der Waals surface area (Å²) in [6.07, 6.45) is 2.76. The summed E-state index contributed by atoms with van der Waals surface area (Å²) in [7, 11) is 0. The smallest absolute Gasteiger partial charge is 0.226 e. The average Bonchev–Trinajstić information content (AvgIpc) is 2.40. The first kappa shape index (κ1) is 13.6. The molecule has 100 valence electrons. The van der Waals surface area contributed by atoms with Gasteiger partial charge in [0, 0.05) is 23.3 Å². The predicted octanol–water partition coefficient (Wildman–Crippen LogP) is 4.05. The van der Waals surface area contributed by atoms with Gasteiger partial charge in [0.05, 0.1) is 0 Å². The normalized spacial score (nSPS) is 10.3. The first-order valence-corrected chi connectivity index (χ1v) is 6.57. The first-order valence-electron chi connectivity index (χ1n) is 6.20. The van der Waals surface area contributed by atoms with Gasteiger partial charge >= 0.3 is 0 Å². The van der Waals surface area contributed by atoms with Gasteiger partial charge in [0.1, 0.15) is 5.75 Å². The van der Waals surface area contributed by atoms with Crippen molar-refractivity contribution in [3.63, 3.8) is 0 Å². The number of aromatic nitrogens is 2. The Balaban J connectivity index is 2.19. The van der Waals surface area contributed by atoms with Crippen molar-refractivity contribution in [2.75, 3.05) is 11.9 Å². The summed E-state index contributed by atoms with van der Waals surface area (Å²) in [5.41, 5.74) is 0.877. The molecule has 1 heterocycles. The number of nitrogens with one attached hydrogen (secondary N) is 1. The van der Waals surface area contributed by atoms with Crippen LogP contribution < -0.4 is 10.1 Å². The van der Waals surface area contributed by atoms with Gasteiger partial charge in [-0.25, -0.2) is 4.98 Å². The van der Waals surface area contributed by atoms with E-state index < -0.39 is 0 Å². The van der Waals surface area contributed by atoms with Gasteiger partial charge in [-0.3, -0.25) is 0 Å². The van der Waals surface area contributed by atoms with Gasteiger partial charge in [0.15, 0.2) is 0 Å². The number of aryl methyl sites for hydroxylation is 1. The number of halogens is 1. The van der Waals surface area contributed by atoms with E-state index >= 15 is 0 Å². The van der Waals surface area contributed by atoms with Gasteiger partial charge in [-0.05, 0) is 31.5 Å². The zero-order chi connectivity index (χ0) is 13.7. The van der Waals surface area contributed by atoms with Gasteiger partial charge in [0.2, 0.25) is 11.8 Å². The largest absolute Gasteiger partial charge is 0.439 e. The van der Waals surface area contributed by atoms with Crippen LogP contribution in [0.3, 0.4) is 0 Å². The van der Waals surface area contributed by atoms with E-state index in [9.17, 15) is 0 Å². The molecule has 0 saturated carbocycles. The molecule has 0 bridgehead atoms. The predicted molar refractivity (Wildman–Crippen MR) is 77.1 cm³/mol. The molecule has 0 atom stereocenters. The highest BCUT2D eigenvalue weighted by atomic mass is 35.5. The lowest BCUT2D eigenvalue weighted by Gasteiger charge is -2.09. The Morgan fingerprint density at radius 3 is 2.95 bits per heavy atom. The van der Waals surface area contributed by atoms with E-state index in [0.29, 0.717) is 22.6 Å². The van der Waals surface area contributed by atoms with Crippen molar-refractivity contribution in [3.05, 3.63) is 41.0 Å². The maximum atomic E-state index is 5.93. The van der Waals surface area contributed by atoms with Crippen molar-refractivity contribution < 1.29 is 4.74 Å². The quantitative estimate of drug-likeness (QED) is 0.895. The fraction of sp³-hybridized carbons (Fsp3) is 0.286. The molecular formula is C14H16ClN3O. The molecule has 0 spiro atoms. The Kier molecular flexibility index (Phi) is 4.58. The third kappa shape index (κ3) is 3.83. The second kappa shape index (κ2) is 6.38. The van der Waals surface area contributed by atoms with Gasteiger partial charge in [0.25, 0.3) is 0 Å². The van der Waals surface area contributed by atoms with E-state index in [1.54, 1.807) is 18.3 Å². The van der Waals surface area contributed by atoms with Crippen LogP contribution in [0.2, 0.25) is 5.02 Å². The van der Waals surface area contributed by atoms with Crippen LogP contribution in [0.1, 0.15) is 18.9 Å². The molecule has 19 heavy (non-hydrogen) atoms. The lowest BCUT2D eigenvalue weighted by Crippen LogP contribution is -2.05. The molecule has 0 aliphatic carbocycles. The topological polar surface area (TPSA) is 47.0 Å². The van der Waals surface area contributed by atoms with Gasteiger partial charge in [-0.1, -0.05) is 24.6 Å². The fourth-order valence-electron chi connectivity index (χ4n) is 1.49. The van der Waals surface area contributed by atoms with Crippen molar-refractivity contribution in [2.24, 2.45) is 0 Å². The second-order valence-corrected chi connectivity index (χ2v) is 4.60. The second-order valence-electron chi connectivity index (χ2n) is 4.17. The SMILES string of the molecule is CCCNc1ncc(C)c(Oc2cccc(Cl)c2)n1. The standard InChI is InChI=1S/C14H16ClN3O/c1-3-7-16-14-17-9-10(2)13(18-14)19-12-6-4-5-11(15)8-12/h4-6,8-9H,3,7H2,1-2H3,(H,16,17,18). The molecule has 0 aliphatic heterocycles. The van der Waals surface area contributed by atoms with E-state index in [1.165, 1.54) is 0 Å². The summed E-state index contributed by atoms with van der Waals surface area (Å²) in [6, 6.07) is 7.23. The lowest BCUT2D eigenvalue weighted by molar-refractivity contribution is 0.458. The molecular weight excluding hydrogens is 262 g/mol. The zero-order valence-electron chi connectivity index (χ0n) is 11.0. The molecule has 0 unspecified atom stereocenters. The molecule has 0 radical (unpaired) electrons. The van der Waals surface area contributed by atoms with Crippen LogP contribution in [0, 0.1) is 6.92 Å². The maximum absolute atomic E-state index is 5.93. The number of hydrogen-bond donors (Lipinski definition) is 1. The average molecular weight is 278 g/mol. The van der Waals surface area contributed by atoms with E-state index in [2.05, 4.69) is 22.2 Å². The molecule has 0 aliphatic rings.